The van der Waals surface area contributed by atoms with Gasteiger partial charge in [0.2, 0.25) is 0 Å². The number of nitrogens with two attached hydrogens (primary N) is 1. The average molecular weight is 650 g/mol. The maximum atomic E-state index is 13.1. The predicted octanol–water partition coefficient (Wildman–Crippen LogP) is 2.08. The number of aromatic nitrogens is 4. The van der Waals surface area contributed by atoms with E-state index in [0.29, 0.717) is 5.56 Å². The monoisotopic (exact) mass is 650 g/mol. The summed E-state index contributed by atoms with van der Waals surface area (Å²) in [6.07, 6.45) is -1.09. The minimum absolute atomic E-state index is 0.0496. The molecule has 0 saturated carbocycles. The van der Waals surface area contributed by atoms with E-state index in [2.05, 4.69) is 33.6 Å². The van der Waals surface area contributed by atoms with Crippen LogP contribution in [0.15, 0.2) is 42.0 Å². The molecule has 0 spiro atoms. The number of hydrogen-bond donors (Lipinski definition) is 5. The van der Waals surface area contributed by atoms with Crippen LogP contribution in [0, 0.1) is 0 Å². The number of phosphoric acid groups is 3. The zero-order chi connectivity index (χ0) is 30.7. The number of phosphoric ester groups is 1. The van der Waals surface area contributed by atoms with Crippen LogP contribution < -0.4 is 5.73 Å². The molecule has 1 fully saturated rings. The molecule has 5 atom stereocenters. The minimum Gasteiger partial charge on any atom is -0.456 e. The van der Waals surface area contributed by atoms with Crippen molar-refractivity contribution in [3.8, 4) is 0 Å². The summed E-state index contributed by atoms with van der Waals surface area (Å²) in [4.78, 5) is 64.5. The Labute approximate surface area is 234 Å². The van der Waals surface area contributed by atoms with Gasteiger partial charge in [0.15, 0.2) is 11.5 Å². The van der Waals surface area contributed by atoms with Gasteiger partial charge >= 0.3 is 29.4 Å². The van der Waals surface area contributed by atoms with Crippen molar-refractivity contribution in [3.63, 3.8) is 0 Å². The van der Waals surface area contributed by atoms with Crippen LogP contribution in [-0.4, -0.2) is 63.9 Å². The van der Waals surface area contributed by atoms with Crippen LogP contribution in [0.4, 0.5) is 5.82 Å². The van der Waals surface area contributed by atoms with Crippen LogP contribution in [0.1, 0.15) is 28.6 Å². The molecule has 0 bridgehead atoms. The second-order valence-corrected chi connectivity index (χ2v) is 12.7. The third kappa shape index (κ3) is 7.96. The van der Waals surface area contributed by atoms with E-state index < -0.39 is 54.5 Å². The van der Waals surface area contributed by atoms with Gasteiger partial charge < -0.3 is 34.8 Å². The van der Waals surface area contributed by atoms with E-state index in [-0.39, 0.29) is 35.5 Å². The Morgan fingerprint density at radius 1 is 1.14 bits per heavy atom. The molecule has 1 aliphatic heterocycles. The Hall–Kier alpha value is -3.28. The highest BCUT2D eigenvalue weighted by Crippen LogP contribution is 2.66. The lowest BCUT2D eigenvalue weighted by molar-refractivity contribution is -0.0490. The smallest absolute Gasteiger partial charge is 0.456 e. The largest absolute Gasteiger partial charge is 0.490 e. The van der Waals surface area contributed by atoms with Crippen LogP contribution in [0.25, 0.3) is 21.6 Å². The standard InChI is InChI=1S/C18H21N8O13P3/c19-16-15-17(22-8-21-16)26(9-23-15)14-5-12(37-18(27)11-4-2-1-3-10(11)6-24-25-20)13(36-14)7-35-41(31,32)39-42(33,34)38-40(28,29)30/h1-4,8-9,12-14H,5-7H2,(H,31,32)(H,33,34)(H2,19,21,22)(H2,28,29,30)/t12?,13-,14-/m1/s1. The first-order valence-electron chi connectivity index (χ1n) is 11.3. The Kier molecular flexibility index (Phi) is 9.44. The van der Waals surface area contributed by atoms with Gasteiger partial charge in [0, 0.05) is 11.3 Å². The molecule has 21 nitrogen and oxygen atoms in total. The average Bonchev–Trinajstić information content (AvgIpc) is 3.49. The zero-order valence-corrected chi connectivity index (χ0v) is 23.5. The molecule has 0 radical (unpaired) electrons. The lowest BCUT2D eigenvalue weighted by atomic mass is 10.1. The van der Waals surface area contributed by atoms with Crippen molar-refractivity contribution >= 4 is 46.4 Å². The van der Waals surface area contributed by atoms with Crippen molar-refractivity contribution < 1.29 is 60.7 Å². The van der Waals surface area contributed by atoms with Gasteiger partial charge in [0.05, 0.1) is 25.0 Å². The summed E-state index contributed by atoms with van der Waals surface area (Å²) in [5.41, 5.74) is 15.3. The molecule has 226 valence electrons. The molecule has 1 saturated heterocycles. The fraction of sp³-hybridized carbons (Fsp3) is 0.333. The lowest BCUT2D eigenvalue weighted by Crippen LogP contribution is -2.31. The summed E-state index contributed by atoms with van der Waals surface area (Å²) in [5, 5.41) is 3.44. The second kappa shape index (κ2) is 12.5. The number of fused-ring (bicyclic) bond motifs is 1. The number of esters is 1. The summed E-state index contributed by atoms with van der Waals surface area (Å²) < 4.78 is 59.9. The van der Waals surface area contributed by atoms with Gasteiger partial charge in [-0.25, -0.2) is 33.4 Å². The second-order valence-electron chi connectivity index (χ2n) is 8.32. The van der Waals surface area contributed by atoms with Gasteiger partial charge in [-0.1, -0.05) is 23.3 Å². The van der Waals surface area contributed by atoms with Crippen LogP contribution >= 0.6 is 23.5 Å². The number of carbonyl (C=O) groups excluding carboxylic acids is 1. The molecular weight excluding hydrogens is 629 g/mol. The lowest BCUT2D eigenvalue weighted by Gasteiger charge is -2.21. The third-order valence-electron chi connectivity index (χ3n) is 5.50. The van der Waals surface area contributed by atoms with Crippen molar-refractivity contribution in [2.45, 2.75) is 31.4 Å². The van der Waals surface area contributed by atoms with Crippen LogP contribution in [0.3, 0.4) is 0 Å². The highest BCUT2D eigenvalue weighted by molar-refractivity contribution is 7.66. The Morgan fingerprint density at radius 3 is 2.60 bits per heavy atom. The van der Waals surface area contributed by atoms with Gasteiger partial charge in [-0.3, -0.25) is 9.09 Å². The zero-order valence-electron chi connectivity index (χ0n) is 20.8. The predicted molar refractivity (Wildman–Crippen MR) is 137 cm³/mol. The van der Waals surface area contributed by atoms with Gasteiger partial charge in [-0.05, 0) is 17.2 Å². The topological polar surface area (TPSA) is 314 Å². The molecule has 42 heavy (non-hydrogen) atoms. The number of ether oxygens (including phenoxy) is 2. The van der Waals surface area contributed by atoms with E-state index >= 15 is 0 Å². The molecule has 3 unspecified atom stereocenters. The summed E-state index contributed by atoms with van der Waals surface area (Å²) >= 11 is 0. The SMILES string of the molecule is [N-]=[N+]=NCc1ccccc1C(=O)OC1C[C@H](n2cnc3c(N)ncnc32)O[C@@H]1COP(=O)(O)OP(=O)(O)OP(=O)(O)O. The number of azide groups is 1. The third-order valence-corrected chi connectivity index (χ3v) is 9.30. The van der Waals surface area contributed by atoms with Gasteiger partial charge in [-0.15, -0.1) is 0 Å². The fourth-order valence-corrected chi connectivity index (χ4v) is 6.89. The molecule has 1 aromatic carbocycles. The van der Waals surface area contributed by atoms with Crippen molar-refractivity contribution in [2.24, 2.45) is 5.11 Å². The molecule has 0 aliphatic carbocycles. The normalized spacial score (nSPS) is 21.8. The summed E-state index contributed by atoms with van der Waals surface area (Å²) in [7, 11) is -16.9. The van der Waals surface area contributed by atoms with E-state index in [1.165, 1.54) is 29.4 Å². The van der Waals surface area contributed by atoms with Gasteiger partial charge in [0.25, 0.3) is 0 Å². The molecule has 2 aromatic heterocycles. The summed E-state index contributed by atoms with van der Waals surface area (Å²) in [6.45, 7) is -1.06. The van der Waals surface area contributed by atoms with Crippen LogP contribution in [-0.2, 0) is 42.9 Å². The van der Waals surface area contributed by atoms with Crippen molar-refractivity contribution in [1.29, 1.82) is 0 Å². The van der Waals surface area contributed by atoms with Crippen LogP contribution in [0.2, 0.25) is 0 Å². The van der Waals surface area contributed by atoms with Gasteiger partial charge in [-0.2, -0.15) is 8.62 Å². The Bertz CT molecular complexity index is 1670. The maximum Gasteiger partial charge on any atom is 0.490 e. The first-order chi connectivity index (χ1) is 19.7. The number of nitrogen functional groups attached to an aromatic ring is 1. The first-order valence-corrected chi connectivity index (χ1v) is 15.9. The number of imidazole rings is 1. The molecule has 3 heterocycles. The molecule has 4 rings (SSSR count). The first kappa shape index (κ1) is 31.7. The quantitative estimate of drug-likeness (QED) is 0.0615. The van der Waals surface area contributed by atoms with Crippen LogP contribution in [0.5, 0.6) is 0 Å². The fourth-order valence-electron chi connectivity index (χ4n) is 3.86. The van der Waals surface area contributed by atoms with E-state index in [9.17, 15) is 28.3 Å². The Morgan fingerprint density at radius 2 is 1.88 bits per heavy atom. The van der Waals surface area contributed by atoms with E-state index in [1.807, 2.05) is 0 Å². The molecule has 3 aromatic rings. The number of nitrogens with zero attached hydrogens (tertiary/aromatic N) is 7. The number of anilines is 1. The van der Waals surface area contributed by atoms with E-state index in [1.54, 1.807) is 12.1 Å². The van der Waals surface area contributed by atoms with Gasteiger partial charge in [0.1, 0.15) is 30.3 Å². The minimum atomic E-state index is -5.77. The molecular formula is C18H21N8O13P3. The maximum absolute atomic E-state index is 13.1. The summed E-state index contributed by atoms with van der Waals surface area (Å²) in [5.74, 6) is -0.807. The highest BCUT2D eigenvalue weighted by atomic mass is 31.3. The van der Waals surface area contributed by atoms with Crippen molar-refractivity contribution in [1.82, 2.24) is 19.5 Å². The number of hydrogen-bond acceptors (Lipinski definition) is 14. The van der Waals surface area contributed by atoms with Crippen molar-refractivity contribution in [3.05, 3.63) is 58.5 Å². The molecule has 6 N–H and O–H groups in total. The van der Waals surface area contributed by atoms with E-state index in [4.69, 9.17) is 35.0 Å². The number of rotatable bonds is 12. The van der Waals surface area contributed by atoms with E-state index in [0.717, 1.165) is 0 Å². The Balaban J connectivity index is 1.57. The molecule has 0 amide bonds. The highest BCUT2D eigenvalue weighted by Gasteiger charge is 2.44. The molecule has 1 aliphatic rings. The summed E-state index contributed by atoms with van der Waals surface area (Å²) in [6, 6.07) is 6.10. The number of carbonyl (C=O) groups is 1. The molecule has 24 heteroatoms. The van der Waals surface area contributed by atoms with Crippen molar-refractivity contribution in [2.75, 3.05) is 12.3 Å². The number of benzene rings is 1.